The Bertz CT molecular complexity index is 729. The maximum atomic E-state index is 12.1. The molecule has 0 aliphatic carbocycles. The summed E-state index contributed by atoms with van der Waals surface area (Å²) in [5, 5.41) is 5.10. The summed E-state index contributed by atoms with van der Waals surface area (Å²) in [6.07, 6.45) is 0. The minimum absolute atomic E-state index is 0.256. The summed E-state index contributed by atoms with van der Waals surface area (Å²) < 4.78 is 0. The molecule has 2 rings (SSSR count). The number of urea groups is 1. The monoisotopic (exact) mass is 340 g/mol. The van der Waals surface area contributed by atoms with Crippen LogP contribution in [0.3, 0.4) is 0 Å². The van der Waals surface area contributed by atoms with Crippen LogP contribution >= 0.6 is 0 Å². The fourth-order valence-corrected chi connectivity index (χ4v) is 2.58. The Morgan fingerprint density at radius 1 is 1.00 bits per heavy atom. The van der Waals surface area contributed by atoms with Crippen LogP contribution in [0.5, 0.6) is 0 Å². The van der Waals surface area contributed by atoms with Gasteiger partial charge in [0.1, 0.15) is 6.54 Å². The Kier molecular flexibility index (Phi) is 6.71. The van der Waals surface area contributed by atoms with E-state index in [-0.39, 0.29) is 12.5 Å². The number of likely N-dealkylation sites (N-methyl/N-ethyl adjacent to an activating group) is 1. The second-order valence-electron chi connectivity index (χ2n) is 6.24. The van der Waals surface area contributed by atoms with E-state index in [4.69, 9.17) is 0 Å². The third-order valence-electron chi connectivity index (χ3n) is 4.23. The van der Waals surface area contributed by atoms with E-state index in [1.54, 1.807) is 0 Å². The maximum absolute atomic E-state index is 12.1. The van der Waals surface area contributed by atoms with E-state index in [0.29, 0.717) is 5.69 Å². The Hall–Kier alpha value is -2.66. The number of hydrogen-bond donors (Lipinski definition) is 3. The van der Waals surface area contributed by atoms with Crippen molar-refractivity contribution in [3.05, 3.63) is 65.2 Å². The van der Waals surface area contributed by atoms with E-state index in [0.717, 1.165) is 29.1 Å². The number of hydrogen-bond acceptors (Lipinski definition) is 2. The van der Waals surface area contributed by atoms with Crippen molar-refractivity contribution in [2.45, 2.75) is 27.3 Å². The first kappa shape index (κ1) is 18.7. The fourth-order valence-electron chi connectivity index (χ4n) is 2.58. The standard InChI is InChI=1S/C20H25N3O2/c1-4-23(13-17-8-6-5-7-9-17)14-19(24)22-20(25)21-18-11-10-15(2)16(3)12-18/h5-12H,4,13-14H2,1-3H3,(H2,21,22,24,25)/p+1. The van der Waals surface area contributed by atoms with Gasteiger partial charge in [-0.25, -0.2) is 4.79 Å². The highest BCUT2D eigenvalue weighted by molar-refractivity contribution is 6.01. The van der Waals surface area contributed by atoms with E-state index in [1.165, 1.54) is 5.56 Å². The van der Waals surface area contributed by atoms with Gasteiger partial charge in [-0.2, -0.15) is 0 Å². The fraction of sp³-hybridized carbons (Fsp3) is 0.300. The molecule has 0 aliphatic heterocycles. The van der Waals surface area contributed by atoms with Crippen LogP contribution in [0.4, 0.5) is 10.5 Å². The lowest BCUT2D eigenvalue weighted by Gasteiger charge is -2.17. The molecule has 1 atom stereocenters. The molecule has 2 aromatic rings. The van der Waals surface area contributed by atoms with Crippen molar-refractivity contribution in [2.24, 2.45) is 0 Å². The van der Waals surface area contributed by atoms with Crippen LogP contribution in [-0.2, 0) is 11.3 Å². The number of quaternary nitrogens is 1. The van der Waals surface area contributed by atoms with Crippen LogP contribution in [-0.4, -0.2) is 25.0 Å². The first-order valence-corrected chi connectivity index (χ1v) is 8.53. The van der Waals surface area contributed by atoms with E-state index in [9.17, 15) is 9.59 Å². The topological polar surface area (TPSA) is 62.6 Å². The minimum Gasteiger partial charge on any atom is -0.324 e. The third-order valence-corrected chi connectivity index (χ3v) is 4.23. The number of amides is 3. The molecule has 1 unspecified atom stereocenters. The van der Waals surface area contributed by atoms with Crippen LogP contribution in [0.15, 0.2) is 48.5 Å². The van der Waals surface area contributed by atoms with E-state index in [2.05, 4.69) is 10.6 Å². The Balaban J connectivity index is 1.85. The highest BCUT2D eigenvalue weighted by Gasteiger charge is 2.15. The van der Waals surface area contributed by atoms with Gasteiger partial charge < -0.3 is 10.2 Å². The minimum atomic E-state index is -0.497. The van der Waals surface area contributed by atoms with Crippen LogP contribution in [0.25, 0.3) is 0 Å². The molecule has 5 heteroatoms. The summed E-state index contributed by atoms with van der Waals surface area (Å²) in [5.74, 6) is -0.283. The number of imide groups is 1. The summed E-state index contributed by atoms with van der Waals surface area (Å²) in [6, 6.07) is 15.2. The van der Waals surface area contributed by atoms with Gasteiger partial charge >= 0.3 is 6.03 Å². The van der Waals surface area contributed by atoms with Crippen molar-refractivity contribution >= 4 is 17.6 Å². The quantitative estimate of drug-likeness (QED) is 0.754. The second kappa shape index (κ2) is 8.99. The number of anilines is 1. The molecule has 0 heterocycles. The lowest BCUT2D eigenvalue weighted by atomic mass is 10.1. The molecule has 132 valence electrons. The molecule has 0 radical (unpaired) electrons. The molecule has 0 aliphatic rings. The SMILES string of the molecule is CC[NH+](CC(=O)NC(=O)Nc1ccc(C)c(C)c1)Cc1ccccc1. The van der Waals surface area contributed by atoms with Crippen molar-refractivity contribution in [3.63, 3.8) is 0 Å². The lowest BCUT2D eigenvalue weighted by Crippen LogP contribution is -3.11. The van der Waals surface area contributed by atoms with Gasteiger partial charge in [-0.05, 0) is 44.0 Å². The summed E-state index contributed by atoms with van der Waals surface area (Å²) in [5.41, 5.74) is 4.10. The molecule has 0 fully saturated rings. The molecule has 0 saturated carbocycles. The Morgan fingerprint density at radius 3 is 2.36 bits per heavy atom. The zero-order valence-electron chi connectivity index (χ0n) is 15.1. The zero-order valence-corrected chi connectivity index (χ0v) is 15.1. The molecule has 0 saturated heterocycles. The number of nitrogens with one attached hydrogen (secondary N) is 3. The first-order chi connectivity index (χ1) is 12.0. The van der Waals surface area contributed by atoms with Crippen LogP contribution in [0.2, 0.25) is 0 Å². The average molecular weight is 340 g/mol. The molecule has 2 aromatic carbocycles. The predicted octanol–water partition coefficient (Wildman–Crippen LogP) is 2.06. The van der Waals surface area contributed by atoms with Crippen molar-refractivity contribution in [2.75, 3.05) is 18.4 Å². The normalized spacial score (nSPS) is 11.6. The molecular formula is C20H26N3O2+. The van der Waals surface area contributed by atoms with Gasteiger partial charge in [0.25, 0.3) is 5.91 Å². The summed E-state index contributed by atoms with van der Waals surface area (Å²) in [6.45, 7) is 7.84. The molecule has 5 nitrogen and oxygen atoms in total. The first-order valence-electron chi connectivity index (χ1n) is 8.53. The van der Waals surface area contributed by atoms with Crippen molar-refractivity contribution in [3.8, 4) is 0 Å². The van der Waals surface area contributed by atoms with E-state index < -0.39 is 6.03 Å². The number of aryl methyl sites for hydroxylation is 2. The number of carbonyl (C=O) groups excluding carboxylic acids is 2. The Labute approximate surface area is 149 Å². The molecule has 0 aromatic heterocycles. The number of benzene rings is 2. The van der Waals surface area contributed by atoms with Crippen molar-refractivity contribution in [1.82, 2.24) is 5.32 Å². The van der Waals surface area contributed by atoms with Crippen LogP contribution in [0.1, 0.15) is 23.6 Å². The predicted molar refractivity (Wildman–Crippen MR) is 99.6 cm³/mol. The van der Waals surface area contributed by atoms with Crippen LogP contribution in [0, 0.1) is 13.8 Å². The number of carbonyl (C=O) groups is 2. The average Bonchev–Trinajstić information content (AvgIpc) is 2.58. The third kappa shape index (κ3) is 6.04. The highest BCUT2D eigenvalue weighted by atomic mass is 16.2. The summed E-state index contributed by atoms with van der Waals surface area (Å²) >= 11 is 0. The van der Waals surface area contributed by atoms with Gasteiger partial charge in [-0.1, -0.05) is 36.4 Å². The molecule has 3 N–H and O–H groups in total. The molecule has 0 bridgehead atoms. The largest absolute Gasteiger partial charge is 0.326 e. The van der Waals surface area contributed by atoms with Crippen molar-refractivity contribution < 1.29 is 14.5 Å². The van der Waals surface area contributed by atoms with Gasteiger partial charge in [-0.3, -0.25) is 10.1 Å². The maximum Gasteiger partial charge on any atom is 0.326 e. The van der Waals surface area contributed by atoms with E-state index >= 15 is 0 Å². The van der Waals surface area contributed by atoms with Gasteiger partial charge in [0.15, 0.2) is 6.54 Å². The summed E-state index contributed by atoms with van der Waals surface area (Å²) in [4.78, 5) is 25.2. The zero-order chi connectivity index (χ0) is 18.2. The smallest absolute Gasteiger partial charge is 0.324 e. The molecule has 3 amide bonds. The van der Waals surface area contributed by atoms with Gasteiger partial charge in [0, 0.05) is 11.3 Å². The highest BCUT2D eigenvalue weighted by Crippen LogP contribution is 2.13. The van der Waals surface area contributed by atoms with E-state index in [1.807, 2.05) is 69.3 Å². The van der Waals surface area contributed by atoms with Gasteiger partial charge in [-0.15, -0.1) is 0 Å². The molecular weight excluding hydrogens is 314 g/mol. The molecule has 0 spiro atoms. The summed E-state index contributed by atoms with van der Waals surface area (Å²) in [7, 11) is 0. The van der Waals surface area contributed by atoms with Crippen LogP contribution < -0.4 is 15.5 Å². The second-order valence-corrected chi connectivity index (χ2v) is 6.24. The van der Waals surface area contributed by atoms with Crippen molar-refractivity contribution in [1.29, 1.82) is 0 Å². The lowest BCUT2D eigenvalue weighted by molar-refractivity contribution is -0.904. The molecule has 25 heavy (non-hydrogen) atoms. The Morgan fingerprint density at radius 2 is 1.72 bits per heavy atom. The van der Waals surface area contributed by atoms with Gasteiger partial charge in [0.2, 0.25) is 0 Å². The van der Waals surface area contributed by atoms with Gasteiger partial charge in [0.05, 0.1) is 6.54 Å². The number of rotatable bonds is 6.